The van der Waals surface area contributed by atoms with E-state index in [1.54, 1.807) is 11.8 Å². The van der Waals surface area contributed by atoms with Gasteiger partial charge in [0.05, 0.1) is 0 Å². The third-order valence-corrected chi connectivity index (χ3v) is 8.05. The summed E-state index contributed by atoms with van der Waals surface area (Å²) in [6, 6.07) is -0.0624. The Morgan fingerprint density at radius 3 is 2.17 bits per heavy atom. The van der Waals surface area contributed by atoms with Crippen LogP contribution in [0.15, 0.2) is 11.1 Å². The number of carbonyl (C=O) groups excluding carboxylic acids is 1. The summed E-state index contributed by atoms with van der Waals surface area (Å²) in [6.45, 7) is 19.2. The fourth-order valence-electron chi connectivity index (χ4n) is 6.60. The summed E-state index contributed by atoms with van der Waals surface area (Å²) >= 11 is 0. The second kappa shape index (κ2) is 7.23. The van der Waals surface area contributed by atoms with Crippen LogP contribution in [-0.2, 0) is 4.74 Å². The number of allylic oxidation sites excluding steroid dienone is 2. The molecule has 30 heavy (non-hydrogen) atoms. The predicted octanol–water partition coefficient (Wildman–Crippen LogP) is 5.52. The van der Waals surface area contributed by atoms with Crippen LogP contribution in [0.25, 0.3) is 0 Å². The van der Waals surface area contributed by atoms with Crippen molar-refractivity contribution in [2.24, 2.45) is 5.41 Å². The number of ether oxygens (including phenoxy) is 1. The topological polar surface area (TPSA) is 61.8 Å². The van der Waals surface area contributed by atoms with Gasteiger partial charge in [-0.05, 0) is 98.8 Å². The number of nitrogens with one attached hydrogen (secondary N) is 1. The number of nitrogens with zero attached hydrogens (tertiary/aromatic N) is 1. The standard InChI is InChI=1S/C25H44N2O3/c1-17-11-10-13-21(2,3)19(17)12-14-24(8)25(9,29)27(20(28)30-24)18-15-22(4,5)26-23(6,7)16-18/h18,26,29H,10-16H2,1-9H3/t24-,25+/m0/s1. The smallest absolute Gasteiger partial charge is 0.413 e. The molecule has 0 radical (unpaired) electrons. The van der Waals surface area contributed by atoms with Crippen LogP contribution in [0.2, 0.25) is 0 Å². The van der Waals surface area contributed by atoms with Gasteiger partial charge in [-0.1, -0.05) is 25.0 Å². The minimum absolute atomic E-state index is 0.0624. The zero-order chi connectivity index (χ0) is 22.8. The number of amides is 1. The number of aliphatic hydroxyl groups is 1. The van der Waals surface area contributed by atoms with Gasteiger partial charge >= 0.3 is 6.09 Å². The Bertz CT molecular complexity index is 719. The molecule has 1 amide bonds. The maximum atomic E-state index is 13.1. The molecule has 0 aromatic carbocycles. The quantitative estimate of drug-likeness (QED) is 0.588. The number of carbonyl (C=O) groups is 1. The summed E-state index contributed by atoms with van der Waals surface area (Å²) in [4.78, 5) is 14.7. The van der Waals surface area contributed by atoms with Crippen molar-refractivity contribution in [1.82, 2.24) is 10.2 Å². The molecule has 2 heterocycles. The first-order valence-electron chi connectivity index (χ1n) is 11.7. The Morgan fingerprint density at radius 2 is 1.63 bits per heavy atom. The molecule has 2 fully saturated rings. The highest BCUT2D eigenvalue weighted by Crippen LogP contribution is 2.48. The molecule has 3 aliphatic rings. The van der Waals surface area contributed by atoms with Gasteiger partial charge in [-0.15, -0.1) is 0 Å². The maximum Gasteiger partial charge on any atom is 0.413 e. The third kappa shape index (κ3) is 4.17. The van der Waals surface area contributed by atoms with Crippen LogP contribution in [0.5, 0.6) is 0 Å². The van der Waals surface area contributed by atoms with E-state index in [4.69, 9.17) is 4.74 Å². The maximum absolute atomic E-state index is 13.1. The second-order valence-corrected chi connectivity index (χ2v) is 12.4. The van der Waals surface area contributed by atoms with Crippen molar-refractivity contribution in [1.29, 1.82) is 0 Å². The zero-order valence-electron chi connectivity index (χ0n) is 20.7. The average Bonchev–Trinajstić information content (AvgIpc) is 2.67. The zero-order valence-corrected chi connectivity index (χ0v) is 20.7. The van der Waals surface area contributed by atoms with Crippen molar-refractivity contribution in [2.75, 3.05) is 0 Å². The molecule has 0 bridgehead atoms. The molecule has 2 saturated heterocycles. The number of hydrogen-bond donors (Lipinski definition) is 2. The molecule has 0 unspecified atom stereocenters. The molecule has 2 aliphatic heterocycles. The second-order valence-electron chi connectivity index (χ2n) is 12.4. The number of cyclic esters (lactones) is 1. The van der Waals surface area contributed by atoms with E-state index in [1.807, 2.05) is 6.92 Å². The monoisotopic (exact) mass is 420 g/mol. The Balaban J connectivity index is 1.83. The highest BCUT2D eigenvalue weighted by atomic mass is 16.6. The van der Waals surface area contributed by atoms with Crippen molar-refractivity contribution in [3.05, 3.63) is 11.1 Å². The van der Waals surface area contributed by atoms with Gasteiger partial charge in [0.15, 0.2) is 11.3 Å². The molecule has 2 N–H and O–H groups in total. The SMILES string of the molecule is CC1=C(CC[C@]2(C)OC(=O)N(C3CC(C)(C)NC(C)(C)C3)[C@]2(C)O)C(C)(C)CCC1. The number of rotatable bonds is 4. The summed E-state index contributed by atoms with van der Waals surface area (Å²) in [5, 5.41) is 15.4. The Morgan fingerprint density at radius 1 is 1.07 bits per heavy atom. The van der Waals surface area contributed by atoms with Gasteiger partial charge in [0.1, 0.15) is 0 Å². The van der Waals surface area contributed by atoms with Crippen LogP contribution in [-0.4, -0.2) is 44.5 Å². The average molecular weight is 421 g/mol. The normalized spacial score (nSPS) is 36.2. The lowest BCUT2D eigenvalue weighted by Crippen LogP contribution is -2.66. The third-order valence-electron chi connectivity index (χ3n) is 8.05. The molecule has 2 atom stereocenters. The van der Waals surface area contributed by atoms with Crippen molar-refractivity contribution in [3.63, 3.8) is 0 Å². The molecule has 0 saturated carbocycles. The molecule has 5 heteroatoms. The lowest BCUT2D eigenvalue weighted by atomic mass is 9.70. The molecular weight excluding hydrogens is 376 g/mol. The van der Waals surface area contributed by atoms with E-state index in [1.165, 1.54) is 24.0 Å². The van der Waals surface area contributed by atoms with Crippen LogP contribution < -0.4 is 5.32 Å². The Kier molecular flexibility index (Phi) is 5.69. The molecule has 0 aromatic heterocycles. The van der Waals surface area contributed by atoms with E-state index in [9.17, 15) is 9.90 Å². The van der Waals surface area contributed by atoms with Gasteiger partial charge in [0.25, 0.3) is 0 Å². The summed E-state index contributed by atoms with van der Waals surface area (Å²) in [5.74, 6) is 0. The minimum atomic E-state index is -1.34. The first-order valence-corrected chi connectivity index (χ1v) is 11.7. The van der Waals surface area contributed by atoms with Gasteiger partial charge < -0.3 is 15.2 Å². The molecule has 172 valence electrons. The van der Waals surface area contributed by atoms with Crippen LogP contribution in [0.3, 0.4) is 0 Å². The van der Waals surface area contributed by atoms with E-state index < -0.39 is 11.3 Å². The Labute approximate surface area is 183 Å². The van der Waals surface area contributed by atoms with Crippen molar-refractivity contribution < 1.29 is 14.6 Å². The first-order chi connectivity index (χ1) is 13.5. The van der Waals surface area contributed by atoms with Gasteiger partial charge in [0, 0.05) is 17.1 Å². The molecule has 3 rings (SSSR count). The summed E-state index contributed by atoms with van der Waals surface area (Å²) in [6.07, 6.45) is 6.27. The van der Waals surface area contributed by atoms with Crippen LogP contribution in [0.1, 0.15) is 107 Å². The van der Waals surface area contributed by atoms with E-state index in [0.29, 0.717) is 6.42 Å². The fourth-order valence-corrected chi connectivity index (χ4v) is 6.60. The van der Waals surface area contributed by atoms with Gasteiger partial charge in [-0.2, -0.15) is 0 Å². The van der Waals surface area contributed by atoms with Gasteiger partial charge in [0.2, 0.25) is 0 Å². The van der Waals surface area contributed by atoms with Crippen LogP contribution in [0.4, 0.5) is 4.79 Å². The van der Waals surface area contributed by atoms with Gasteiger partial charge in [-0.3, -0.25) is 4.90 Å². The molecule has 5 nitrogen and oxygen atoms in total. The summed E-state index contributed by atoms with van der Waals surface area (Å²) < 4.78 is 5.95. The summed E-state index contributed by atoms with van der Waals surface area (Å²) in [7, 11) is 0. The van der Waals surface area contributed by atoms with Crippen LogP contribution >= 0.6 is 0 Å². The van der Waals surface area contributed by atoms with E-state index >= 15 is 0 Å². The number of piperidine rings is 1. The molecule has 0 spiro atoms. The lowest BCUT2D eigenvalue weighted by molar-refractivity contribution is -0.154. The Hall–Kier alpha value is -1.07. The highest BCUT2D eigenvalue weighted by molar-refractivity contribution is 5.72. The first kappa shape index (κ1) is 23.6. The van der Waals surface area contributed by atoms with Gasteiger partial charge in [-0.25, -0.2) is 4.79 Å². The van der Waals surface area contributed by atoms with E-state index in [0.717, 1.165) is 25.7 Å². The van der Waals surface area contributed by atoms with Crippen molar-refractivity contribution in [3.8, 4) is 0 Å². The van der Waals surface area contributed by atoms with Crippen molar-refractivity contribution in [2.45, 2.75) is 136 Å². The molecule has 0 aromatic rings. The number of hydrogen-bond acceptors (Lipinski definition) is 4. The molecule has 1 aliphatic carbocycles. The minimum Gasteiger partial charge on any atom is -0.438 e. The van der Waals surface area contributed by atoms with Crippen molar-refractivity contribution >= 4 is 6.09 Å². The predicted molar refractivity (Wildman–Crippen MR) is 121 cm³/mol. The van der Waals surface area contributed by atoms with E-state index in [2.05, 4.69) is 53.8 Å². The highest BCUT2D eigenvalue weighted by Gasteiger charge is 2.62. The molecular formula is C25H44N2O3. The van der Waals surface area contributed by atoms with E-state index in [-0.39, 0.29) is 28.6 Å². The summed E-state index contributed by atoms with van der Waals surface area (Å²) in [5.41, 5.74) is 0.624. The lowest BCUT2D eigenvalue weighted by Gasteiger charge is -2.51. The largest absolute Gasteiger partial charge is 0.438 e. The fraction of sp³-hybridized carbons (Fsp3) is 0.880. The van der Waals surface area contributed by atoms with Crippen LogP contribution in [0, 0.1) is 5.41 Å².